The SMILES string of the molecule is CCc1ccc2c(c1)C=Cc1cc(C)ccc1C2c1cn(-c2ccnc([N+]3(c4nn[nH]n4)CC(C(N)=O)C3)n2)c(=O)[nH]c1=O. The lowest BCUT2D eigenvalue weighted by atomic mass is 9.82. The van der Waals surface area contributed by atoms with Crippen LogP contribution in [0.4, 0.5) is 11.9 Å². The number of aryl methyl sites for hydroxylation is 2. The van der Waals surface area contributed by atoms with Crippen LogP contribution in [0.15, 0.2) is 64.4 Å². The fraction of sp³-hybridized carbons (Fsp3) is 0.226. The molecule has 3 aromatic heterocycles. The molecule has 1 aliphatic heterocycles. The van der Waals surface area contributed by atoms with Gasteiger partial charge in [-0.2, -0.15) is 19.7 Å². The topological polar surface area (TPSA) is 178 Å². The van der Waals surface area contributed by atoms with Gasteiger partial charge >= 0.3 is 17.6 Å². The van der Waals surface area contributed by atoms with Gasteiger partial charge in [-0.3, -0.25) is 19.1 Å². The molecule has 13 heteroatoms. The third-order valence-electron chi connectivity index (χ3n) is 8.59. The van der Waals surface area contributed by atoms with Crippen LogP contribution in [0.1, 0.15) is 51.8 Å². The Morgan fingerprint density at radius 3 is 2.48 bits per heavy atom. The van der Waals surface area contributed by atoms with Crippen molar-refractivity contribution < 1.29 is 4.79 Å². The molecule has 5 aromatic rings. The number of nitrogens with one attached hydrogen (secondary N) is 2. The molecule has 220 valence electrons. The van der Waals surface area contributed by atoms with Crippen molar-refractivity contribution in [1.82, 2.24) is 44.6 Å². The maximum atomic E-state index is 13.6. The highest BCUT2D eigenvalue weighted by molar-refractivity contribution is 5.80. The molecule has 44 heavy (non-hydrogen) atoms. The first-order chi connectivity index (χ1) is 21.3. The van der Waals surface area contributed by atoms with Crippen molar-refractivity contribution in [2.24, 2.45) is 11.7 Å². The zero-order valence-corrected chi connectivity index (χ0v) is 24.1. The number of tetrazole rings is 1. The monoisotopic (exact) mass is 589 g/mol. The van der Waals surface area contributed by atoms with Gasteiger partial charge in [0.25, 0.3) is 5.56 Å². The van der Waals surface area contributed by atoms with Gasteiger partial charge in [0.15, 0.2) is 0 Å². The molecule has 2 aliphatic rings. The maximum Gasteiger partial charge on any atom is 0.375 e. The normalized spacial score (nSPS) is 20.3. The van der Waals surface area contributed by atoms with Gasteiger partial charge in [0.2, 0.25) is 5.91 Å². The van der Waals surface area contributed by atoms with Gasteiger partial charge in [-0.15, -0.1) is 0 Å². The number of carbonyl (C=O) groups is 1. The molecule has 4 N–H and O–H groups in total. The molecule has 1 saturated heterocycles. The second-order valence-electron chi connectivity index (χ2n) is 11.3. The summed E-state index contributed by atoms with van der Waals surface area (Å²) < 4.78 is 1.24. The Morgan fingerprint density at radius 1 is 1.02 bits per heavy atom. The molecule has 1 amide bonds. The van der Waals surface area contributed by atoms with E-state index in [1.165, 1.54) is 16.3 Å². The number of H-pyrrole nitrogens is 2. The van der Waals surface area contributed by atoms with E-state index in [2.05, 4.69) is 73.9 Å². The fourth-order valence-corrected chi connectivity index (χ4v) is 6.21. The molecule has 1 unspecified atom stereocenters. The molecule has 2 aromatic carbocycles. The fourth-order valence-electron chi connectivity index (χ4n) is 6.21. The van der Waals surface area contributed by atoms with E-state index in [1.54, 1.807) is 12.3 Å². The van der Waals surface area contributed by atoms with Crippen LogP contribution in [0.5, 0.6) is 0 Å². The summed E-state index contributed by atoms with van der Waals surface area (Å²) in [6, 6.07) is 14.0. The number of carbonyl (C=O) groups excluding carboxylic acids is 1. The largest absolute Gasteiger partial charge is 0.375 e. The van der Waals surface area contributed by atoms with Crippen molar-refractivity contribution >= 4 is 30.0 Å². The smallest absolute Gasteiger partial charge is 0.369 e. The highest BCUT2D eigenvalue weighted by Gasteiger charge is 2.55. The van der Waals surface area contributed by atoms with Crippen LogP contribution in [0.2, 0.25) is 0 Å². The van der Waals surface area contributed by atoms with Crippen molar-refractivity contribution in [3.05, 3.63) is 115 Å². The highest BCUT2D eigenvalue weighted by Crippen LogP contribution is 2.40. The molecule has 0 spiro atoms. The minimum absolute atomic E-state index is 0.0724. The first kappa shape index (κ1) is 27.3. The molecule has 1 atom stereocenters. The Balaban J connectivity index is 1.39. The van der Waals surface area contributed by atoms with Crippen LogP contribution in [0.25, 0.3) is 18.0 Å². The van der Waals surface area contributed by atoms with E-state index in [-0.39, 0.29) is 35.3 Å². The molecular formula is C31H29N10O3+. The van der Waals surface area contributed by atoms with E-state index < -0.39 is 29.0 Å². The van der Waals surface area contributed by atoms with Gasteiger partial charge < -0.3 is 5.73 Å². The molecule has 0 saturated carbocycles. The van der Waals surface area contributed by atoms with E-state index in [1.807, 2.05) is 19.1 Å². The number of benzene rings is 2. The number of aromatic amines is 2. The van der Waals surface area contributed by atoms with Gasteiger partial charge in [-0.1, -0.05) is 71.2 Å². The van der Waals surface area contributed by atoms with Crippen LogP contribution in [-0.2, 0) is 11.2 Å². The summed E-state index contributed by atoms with van der Waals surface area (Å²) in [7, 11) is 0. The number of aromatic nitrogens is 8. The average molecular weight is 590 g/mol. The van der Waals surface area contributed by atoms with E-state index in [0.717, 1.165) is 34.2 Å². The Morgan fingerprint density at radius 2 is 1.77 bits per heavy atom. The third-order valence-corrected chi connectivity index (χ3v) is 8.59. The van der Waals surface area contributed by atoms with Gasteiger partial charge in [0.1, 0.15) is 24.8 Å². The standard InChI is InChI=1S/C31H28N10O3/c1-3-18-5-9-23-20(13-18)7-6-19-12-17(2)4-8-22(19)26(23)24-14-40(31(44)35-28(24)43)25-10-11-33-29(34-25)41(30-36-38-39-37-30)15-21(16-41)27(32)42/h4-14,21,26H,3,15-16H2,1-2H3,(H3-,32,35,36,37,38,39,42,43,44)/p+1. The predicted octanol–water partition coefficient (Wildman–Crippen LogP) is 2.12. The molecule has 0 radical (unpaired) electrons. The lowest BCUT2D eigenvalue weighted by molar-refractivity contribution is -0.125. The van der Waals surface area contributed by atoms with E-state index in [0.29, 0.717) is 5.56 Å². The first-order valence-electron chi connectivity index (χ1n) is 14.3. The number of hydrogen-bond acceptors (Lipinski definition) is 8. The van der Waals surface area contributed by atoms with Crippen LogP contribution < -0.4 is 21.5 Å². The number of primary amides is 1. The van der Waals surface area contributed by atoms with E-state index in [9.17, 15) is 14.4 Å². The summed E-state index contributed by atoms with van der Waals surface area (Å²) in [6.45, 7) is 4.62. The van der Waals surface area contributed by atoms with Crippen molar-refractivity contribution in [2.45, 2.75) is 26.2 Å². The molecule has 13 nitrogen and oxygen atoms in total. The van der Waals surface area contributed by atoms with Crippen molar-refractivity contribution in [1.29, 1.82) is 0 Å². The van der Waals surface area contributed by atoms with Crippen molar-refractivity contribution in [3.63, 3.8) is 0 Å². The quantitative estimate of drug-likeness (QED) is 0.247. The third kappa shape index (κ3) is 4.36. The molecule has 1 aliphatic carbocycles. The van der Waals surface area contributed by atoms with Crippen LogP contribution in [0.3, 0.4) is 0 Å². The molecule has 4 heterocycles. The predicted molar refractivity (Wildman–Crippen MR) is 163 cm³/mol. The Labute approximate surface area is 250 Å². The van der Waals surface area contributed by atoms with Crippen LogP contribution in [-0.4, -0.2) is 59.1 Å². The van der Waals surface area contributed by atoms with Gasteiger partial charge in [-0.05, 0) is 46.4 Å². The maximum absolute atomic E-state index is 13.6. The molecule has 0 bridgehead atoms. The van der Waals surface area contributed by atoms with E-state index >= 15 is 0 Å². The van der Waals surface area contributed by atoms with Crippen molar-refractivity contribution in [3.8, 4) is 5.82 Å². The zero-order valence-electron chi connectivity index (χ0n) is 24.1. The number of rotatable bonds is 6. The Kier molecular flexibility index (Phi) is 6.39. The van der Waals surface area contributed by atoms with E-state index in [4.69, 9.17) is 10.7 Å². The zero-order chi connectivity index (χ0) is 30.6. The summed E-state index contributed by atoms with van der Waals surface area (Å²) in [6.07, 6.45) is 8.12. The second-order valence-corrected chi connectivity index (χ2v) is 11.3. The summed E-state index contributed by atoms with van der Waals surface area (Å²) >= 11 is 0. The molecule has 1 fully saturated rings. The summed E-state index contributed by atoms with van der Waals surface area (Å²) in [5.41, 5.74) is 11.0. The first-order valence-corrected chi connectivity index (χ1v) is 14.3. The lowest BCUT2D eigenvalue weighted by Crippen LogP contribution is -2.66. The second kappa shape index (κ2) is 10.3. The summed E-state index contributed by atoms with van der Waals surface area (Å²) in [5.74, 6) is -0.557. The molecule has 7 rings (SSSR count). The number of nitrogens with zero attached hydrogens (tertiary/aromatic N) is 7. The number of nitrogens with two attached hydrogens (primary N) is 1. The minimum Gasteiger partial charge on any atom is -0.369 e. The number of fused-ring (bicyclic) bond motifs is 2. The summed E-state index contributed by atoms with van der Waals surface area (Å²) in [5, 5.41) is 14.4. The Bertz CT molecular complexity index is 2070. The summed E-state index contributed by atoms with van der Waals surface area (Å²) in [4.78, 5) is 50.5. The van der Waals surface area contributed by atoms with Gasteiger partial charge in [0.05, 0.1) is 0 Å². The van der Waals surface area contributed by atoms with Gasteiger partial charge in [0, 0.05) is 29.9 Å². The highest BCUT2D eigenvalue weighted by atomic mass is 16.2. The van der Waals surface area contributed by atoms with Gasteiger partial charge in [-0.25, -0.2) is 4.79 Å². The minimum atomic E-state index is -0.648. The number of quaternary nitrogens is 1. The number of amides is 1. The van der Waals surface area contributed by atoms with Crippen LogP contribution in [0, 0.1) is 12.8 Å². The average Bonchev–Trinajstić information content (AvgIpc) is 3.48. The van der Waals surface area contributed by atoms with Crippen molar-refractivity contribution in [2.75, 3.05) is 13.1 Å². The van der Waals surface area contributed by atoms with Crippen LogP contribution >= 0.6 is 0 Å². The molecular weight excluding hydrogens is 560 g/mol. The number of hydrogen-bond donors (Lipinski definition) is 3. The Hall–Kier alpha value is -5.56. The lowest BCUT2D eigenvalue weighted by Gasteiger charge is -2.42.